The summed E-state index contributed by atoms with van der Waals surface area (Å²) in [6.07, 6.45) is 8.04. The zero-order valence-corrected chi connectivity index (χ0v) is 12.7. The van der Waals surface area contributed by atoms with E-state index in [0.717, 1.165) is 25.9 Å². The highest BCUT2D eigenvalue weighted by Crippen LogP contribution is 2.09. The Morgan fingerprint density at radius 1 is 0.952 bits per heavy atom. The van der Waals surface area contributed by atoms with Gasteiger partial charge in [0.05, 0.1) is 0 Å². The standard InChI is InChI=1S/C14H23N7/c1-3-5-6-9-16-13-18-12(15-8-4-2)19-14(20-13)21-11-7-10-17-21/h7,10-11H,3-6,8-9H2,1-2H3,(H2,15,16,18,19,20). The summed E-state index contributed by atoms with van der Waals surface area (Å²) in [6, 6.07) is 1.84. The molecule has 0 spiro atoms. The summed E-state index contributed by atoms with van der Waals surface area (Å²) in [4.78, 5) is 13.2. The van der Waals surface area contributed by atoms with Crippen molar-refractivity contribution in [1.29, 1.82) is 0 Å². The molecule has 114 valence electrons. The number of anilines is 2. The highest BCUT2D eigenvalue weighted by Gasteiger charge is 2.07. The molecule has 0 fully saturated rings. The van der Waals surface area contributed by atoms with E-state index in [0.29, 0.717) is 17.8 Å². The molecule has 0 atom stereocenters. The van der Waals surface area contributed by atoms with Crippen molar-refractivity contribution < 1.29 is 0 Å². The van der Waals surface area contributed by atoms with Crippen molar-refractivity contribution in [1.82, 2.24) is 24.7 Å². The van der Waals surface area contributed by atoms with E-state index in [1.54, 1.807) is 10.9 Å². The van der Waals surface area contributed by atoms with Gasteiger partial charge in [0.25, 0.3) is 5.95 Å². The second-order valence-corrected chi connectivity index (χ2v) is 4.79. The SMILES string of the molecule is CCCCCNc1nc(NCCC)nc(-n2cccn2)n1. The molecular weight excluding hydrogens is 266 g/mol. The van der Waals surface area contributed by atoms with E-state index in [2.05, 4.69) is 44.5 Å². The predicted molar refractivity (Wildman–Crippen MR) is 83.7 cm³/mol. The van der Waals surface area contributed by atoms with Crippen LogP contribution in [0.5, 0.6) is 0 Å². The average molecular weight is 289 g/mol. The number of rotatable bonds is 9. The van der Waals surface area contributed by atoms with Crippen LogP contribution in [0.15, 0.2) is 18.5 Å². The molecular formula is C14H23N7. The fourth-order valence-corrected chi connectivity index (χ4v) is 1.82. The Labute approximate surface area is 125 Å². The van der Waals surface area contributed by atoms with Gasteiger partial charge in [-0.15, -0.1) is 0 Å². The van der Waals surface area contributed by atoms with Gasteiger partial charge < -0.3 is 10.6 Å². The van der Waals surface area contributed by atoms with Crippen LogP contribution in [0.1, 0.15) is 39.5 Å². The van der Waals surface area contributed by atoms with E-state index >= 15 is 0 Å². The van der Waals surface area contributed by atoms with Crippen molar-refractivity contribution in [3.63, 3.8) is 0 Å². The summed E-state index contributed by atoms with van der Waals surface area (Å²) in [5, 5.41) is 10.6. The molecule has 0 amide bonds. The molecule has 7 heteroatoms. The van der Waals surface area contributed by atoms with Crippen LogP contribution in [-0.4, -0.2) is 37.8 Å². The first-order chi connectivity index (χ1) is 10.3. The maximum absolute atomic E-state index is 4.41. The van der Waals surface area contributed by atoms with Gasteiger partial charge in [0.1, 0.15) is 0 Å². The highest BCUT2D eigenvalue weighted by molar-refractivity contribution is 5.37. The summed E-state index contributed by atoms with van der Waals surface area (Å²) in [7, 11) is 0. The molecule has 2 rings (SSSR count). The fraction of sp³-hybridized carbons (Fsp3) is 0.571. The van der Waals surface area contributed by atoms with E-state index in [4.69, 9.17) is 0 Å². The predicted octanol–water partition coefficient (Wildman–Crippen LogP) is 2.48. The summed E-state index contributed by atoms with van der Waals surface area (Å²) in [5.74, 6) is 1.69. The van der Waals surface area contributed by atoms with Crippen LogP contribution >= 0.6 is 0 Å². The third-order valence-corrected chi connectivity index (χ3v) is 2.93. The van der Waals surface area contributed by atoms with Crippen LogP contribution in [0.4, 0.5) is 11.9 Å². The minimum Gasteiger partial charge on any atom is -0.354 e. The molecule has 0 saturated carbocycles. The summed E-state index contributed by atoms with van der Waals surface area (Å²) in [5.41, 5.74) is 0. The first-order valence-corrected chi connectivity index (χ1v) is 7.57. The molecule has 0 bridgehead atoms. The Kier molecular flexibility index (Phi) is 5.93. The third kappa shape index (κ3) is 4.70. The van der Waals surface area contributed by atoms with Crippen LogP contribution in [0.25, 0.3) is 5.95 Å². The van der Waals surface area contributed by atoms with Gasteiger partial charge in [-0.2, -0.15) is 20.1 Å². The van der Waals surface area contributed by atoms with Gasteiger partial charge in [0.15, 0.2) is 0 Å². The molecule has 0 aliphatic heterocycles. The zero-order chi connectivity index (χ0) is 14.9. The number of unbranched alkanes of at least 4 members (excludes halogenated alkanes) is 2. The van der Waals surface area contributed by atoms with E-state index in [1.807, 2.05) is 12.3 Å². The Hall–Kier alpha value is -2.18. The number of hydrogen-bond acceptors (Lipinski definition) is 6. The van der Waals surface area contributed by atoms with Crippen LogP contribution in [0.3, 0.4) is 0 Å². The lowest BCUT2D eigenvalue weighted by atomic mass is 10.2. The summed E-state index contributed by atoms with van der Waals surface area (Å²) >= 11 is 0. The molecule has 2 N–H and O–H groups in total. The van der Waals surface area contributed by atoms with Crippen LogP contribution in [0.2, 0.25) is 0 Å². The van der Waals surface area contributed by atoms with Crippen molar-refractivity contribution in [3.8, 4) is 5.95 Å². The maximum Gasteiger partial charge on any atom is 0.257 e. The lowest BCUT2D eigenvalue weighted by Crippen LogP contribution is -2.13. The van der Waals surface area contributed by atoms with Gasteiger partial charge in [-0.25, -0.2) is 4.68 Å². The first-order valence-electron chi connectivity index (χ1n) is 7.57. The van der Waals surface area contributed by atoms with Gasteiger partial charge >= 0.3 is 0 Å². The number of nitrogens with one attached hydrogen (secondary N) is 2. The quantitative estimate of drug-likeness (QED) is 0.690. The molecule has 21 heavy (non-hydrogen) atoms. The Morgan fingerprint density at radius 3 is 2.33 bits per heavy atom. The Morgan fingerprint density at radius 2 is 1.71 bits per heavy atom. The minimum absolute atomic E-state index is 0.520. The molecule has 2 heterocycles. The molecule has 0 radical (unpaired) electrons. The van der Waals surface area contributed by atoms with E-state index in [1.165, 1.54) is 12.8 Å². The van der Waals surface area contributed by atoms with Gasteiger partial charge in [-0.3, -0.25) is 0 Å². The van der Waals surface area contributed by atoms with Crippen molar-refractivity contribution >= 4 is 11.9 Å². The summed E-state index contributed by atoms with van der Waals surface area (Å²) in [6.45, 7) is 5.99. The molecule has 0 aromatic carbocycles. The minimum atomic E-state index is 0.520. The van der Waals surface area contributed by atoms with Gasteiger partial charge in [0, 0.05) is 25.5 Å². The molecule has 0 aliphatic rings. The van der Waals surface area contributed by atoms with Crippen LogP contribution < -0.4 is 10.6 Å². The number of aromatic nitrogens is 5. The molecule has 2 aromatic rings. The Balaban J connectivity index is 2.12. The normalized spacial score (nSPS) is 10.6. The average Bonchev–Trinajstić information content (AvgIpc) is 3.04. The van der Waals surface area contributed by atoms with Gasteiger partial charge in [0.2, 0.25) is 11.9 Å². The molecule has 0 saturated heterocycles. The van der Waals surface area contributed by atoms with Crippen LogP contribution in [-0.2, 0) is 0 Å². The van der Waals surface area contributed by atoms with Crippen molar-refractivity contribution in [3.05, 3.63) is 18.5 Å². The maximum atomic E-state index is 4.41. The smallest absolute Gasteiger partial charge is 0.257 e. The highest BCUT2D eigenvalue weighted by atomic mass is 15.4. The fourth-order valence-electron chi connectivity index (χ4n) is 1.82. The zero-order valence-electron chi connectivity index (χ0n) is 12.7. The van der Waals surface area contributed by atoms with Crippen LogP contribution in [0, 0.1) is 0 Å². The molecule has 2 aromatic heterocycles. The van der Waals surface area contributed by atoms with E-state index in [9.17, 15) is 0 Å². The lowest BCUT2D eigenvalue weighted by Gasteiger charge is -2.09. The third-order valence-electron chi connectivity index (χ3n) is 2.93. The summed E-state index contributed by atoms with van der Waals surface area (Å²) < 4.78 is 1.63. The lowest BCUT2D eigenvalue weighted by molar-refractivity contribution is 0.736. The number of hydrogen-bond donors (Lipinski definition) is 2. The van der Waals surface area contributed by atoms with E-state index in [-0.39, 0.29) is 0 Å². The van der Waals surface area contributed by atoms with Crippen molar-refractivity contribution in [2.45, 2.75) is 39.5 Å². The van der Waals surface area contributed by atoms with Gasteiger partial charge in [-0.1, -0.05) is 26.7 Å². The second-order valence-electron chi connectivity index (χ2n) is 4.79. The second kappa shape index (κ2) is 8.18. The van der Waals surface area contributed by atoms with Crippen molar-refractivity contribution in [2.75, 3.05) is 23.7 Å². The molecule has 0 unspecified atom stereocenters. The molecule has 0 aliphatic carbocycles. The Bertz CT molecular complexity index is 524. The topological polar surface area (TPSA) is 80.5 Å². The monoisotopic (exact) mass is 289 g/mol. The van der Waals surface area contributed by atoms with Gasteiger partial charge in [-0.05, 0) is 18.9 Å². The van der Waals surface area contributed by atoms with E-state index < -0.39 is 0 Å². The molecule has 7 nitrogen and oxygen atoms in total. The first kappa shape index (κ1) is 15.2. The largest absolute Gasteiger partial charge is 0.354 e. The number of nitrogens with zero attached hydrogens (tertiary/aromatic N) is 5. The van der Waals surface area contributed by atoms with Crippen molar-refractivity contribution in [2.24, 2.45) is 0 Å².